The van der Waals surface area contributed by atoms with Crippen molar-refractivity contribution in [2.24, 2.45) is 5.92 Å². The van der Waals surface area contributed by atoms with Crippen molar-refractivity contribution < 1.29 is 9.59 Å². The predicted molar refractivity (Wildman–Crippen MR) is 119 cm³/mol. The van der Waals surface area contributed by atoms with Crippen molar-refractivity contribution in [3.8, 4) is 10.6 Å². The lowest BCUT2D eigenvalue weighted by Crippen LogP contribution is -2.43. The van der Waals surface area contributed by atoms with Crippen LogP contribution < -0.4 is 10.6 Å². The maximum atomic E-state index is 12.6. The van der Waals surface area contributed by atoms with Gasteiger partial charge in [-0.05, 0) is 31.0 Å². The van der Waals surface area contributed by atoms with Crippen LogP contribution in [0.3, 0.4) is 0 Å². The van der Waals surface area contributed by atoms with E-state index in [0.717, 1.165) is 11.3 Å². The molecule has 30 heavy (non-hydrogen) atoms. The molecule has 0 aliphatic carbocycles. The zero-order valence-electron chi connectivity index (χ0n) is 16.0. The highest BCUT2D eigenvalue weighted by atomic mass is 35.5. The maximum Gasteiger partial charge on any atom is 0.321 e. The van der Waals surface area contributed by atoms with Gasteiger partial charge < -0.3 is 15.5 Å². The maximum absolute atomic E-state index is 12.6. The van der Waals surface area contributed by atoms with Gasteiger partial charge in [0.2, 0.25) is 11.0 Å². The van der Waals surface area contributed by atoms with Gasteiger partial charge >= 0.3 is 6.03 Å². The Morgan fingerprint density at radius 3 is 2.40 bits per heavy atom. The van der Waals surface area contributed by atoms with Crippen molar-refractivity contribution in [3.63, 3.8) is 0 Å². The number of amides is 3. The number of piperidine rings is 1. The Bertz CT molecular complexity index is 1030. The number of nitrogens with zero attached hydrogens (tertiary/aromatic N) is 3. The zero-order valence-corrected chi connectivity index (χ0v) is 17.6. The van der Waals surface area contributed by atoms with E-state index >= 15 is 0 Å². The standard InChI is InChI=1S/C21H20ClN5O2S/c22-17-9-5-4-8-16(17)19-25-26-20(30-19)24-18(28)14-10-12-27(13-11-14)21(29)23-15-6-2-1-3-7-15/h1-9,14H,10-13H2,(H,23,29)(H,24,26,28). The summed E-state index contributed by atoms with van der Waals surface area (Å²) in [6.07, 6.45) is 1.20. The second kappa shape index (κ2) is 9.23. The average molecular weight is 442 g/mol. The van der Waals surface area contributed by atoms with Gasteiger partial charge in [0, 0.05) is 30.3 Å². The number of rotatable bonds is 4. The second-order valence-electron chi connectivity index (χ2n) is 6.94. The lowest BCUT2D eigenvalue weighted by Gasteiger charge is -2.31. The minimum absolute atomic E-state index is 0.0972. The van der Waals surface area contributed by atoms with Crippen molar-refractivity contribution in [2.45, 2.75) is 12.8 Å². The van der Waals surface area contributed by atoms with E-state index in [1.807, 2.05) is 48.5 Å². The van der Waals surface area contributed by atoms with E-state index in [0.29, 0.717) is 41.1 Å². The first-order valence-corrected chi connectivity index (χ1v) is 10.8. The summed E-state index contributed by atoms with van der Waals surface area (Å²) in [7, 11) is 0. The third-order valence-electron chi connectivity index (χ3n) is 4.94. The van der Waals surface area contributed by atoms with Gasteiger partial charge in [0.05, 0.1) is 5.02 Å². The molecule has 0 radical (unpaired) electrons. The lowest BCUT2D eigenvalue weighted by atomic mass is 9.96. The van der Waals surface area contributed by atoms with Crippen molar-refractivity contribution in [3.05, 3.63) is 59.6 Å². The van der Waals surface area contributed by atoms with E-state index in [-0.39, 0.29) is 17.9 Å². The molecule has 2 aromatic carbocycles. The van der Waals surface area contributed by atoms with Crippen LogP contribution in [0.2, 0.25) is 5.02 Å². The highest BCUT2D eigenvalue weighted by Gasteiger charge is 2.28. The first-order valence-electron chi connectivity index (χ1n) is 9.60. The van der Waals surface area contributed by atoms with E-state index in [1.165, 1.54) is 11.3 Å². The Morgan fingerprint density at radius 1 is 0.967 bits per heavy atom. The smallest absolute Gasteiger partial charge is 0.321 e. The van der Waals surface area contributed by atoms with E-state index in [1.54, 1.807) is 11.0 Å². The number of carbonyl (C=O) groups is 2. The molecule has 154 valence electrons. The predicted octanol–water partition coefficient (Wildman–Crippen LogP) is 4.74. The summed E-state index contributed by atoms with van der Waals surface area (Å²) in [4.78, 5) is 26.8. The molecule has 1 aliphatic rings. The van der Waals surface area contributed by atoms with E-state index < -0.39 is 0 Å². The first-order chi connectivity index (χ1) is 14.6. The Hall–Kier alpha value is -2.97. The number of halogens is 1. The highest BCUT2D eigenvalue weighted by molar-refractivity contribution is 7.18. The molecule has 3 amide bonds. The molecular formula is C21H20ClN5O2S. The molecule has 0 atom stereocenters. The van der Waals surface area contributed by atoms with Crippen LogP contribution in [0.25, 0.3) is 10.6 Å². The summed E-state index contributed by atoms with van der Waals surface area (Å²) in [6.45, 7) is 1.05. The lowest BCUT2D eigenvalue weighted by molar-refractivity contribution is -0.121. The largest absolute Gasteiger partial charge is 0.324 e. The molecule has 1 fully saturated rings. The van der Waals surface area contributed by atoms with Gasteiger partial charge in [-0.1, -0.05) is 59.3 Å². The van der Waals surface area contributed by atoms with Crippen molar-refractivity contribution in [1.82, 2.24) is 15.1 Å². The normalized spacial score (nSPS) is 14.4. The van der Waals surface area contributed by atoms with Crippen LogP contribution in [0.4, 0.5) is 15.6 Å². The Balaban J connectivity index is 1.30. The van der Waals surface area contributed by atoms with Gasteiger partial charge in [-0.25, -0.2) is 4.79 Å². The van der Waals surface area contributed by atoms with Gasteiger partial charge in [-0.3, -0.25) is 4.79 Å². The minimum Gasteiger partial charge on any atom is -0.324 e. The van der Waals surface area contributed by atoms with Crippen molar-refractivity contribution >= 4 is 45.7 Å². The van der Waals surface area contributed by atoms with E-state index in [4.69, 9.17) is 11.6 Å². The number of anilines is 2. The van der Waals surface area contributed by atoms with Crippen LogP contribution in [0.15, 0.2) is 54.6 Å². The van der Waals surface area contributed by atoms with E-state index in [2.05, 4.69) is 20.8 Å². The van der Waals surface area contributed by atoms with Gasteiger partial charge in [-0.15, -0.1) is 10.2 Å². The van der Waals surface area contributed by atoms with Crippen molar-refractivity contribution in [1.29, 1.82) is 0 Å². The van der Waals surface area contributed by atoms with Gasteiger partial charge in [0.15, 0.2) is 5.01 Å². The molecule has 1 aromatic heterocycles. The number of urea groups is 1. The number of hydrogen-bond donors (Lipinski definition) is 2. The fourth-order valence-corrected chi connectivity index (χ4v) is 4.36. The zero-order chi connectivity index (χ0) is 20.9. The first kappa shape index (κ1) is 20.3. The number of nitrogens with one attached hydrogen (secondary N) is 2. The van der Waals surface area contributed by atoms with E-state index in [9.17, 15) is 9.59 Å². The van der Waals surface area contributed by atoms with Crippen LogP contribution in [0.5, 0.6) is 0 Å². The van der Waals surface area contributed by atoms with Crippen molar-refractivity contribution in [2.75, 3.05) is 23.7 Å². The Labute approximate surface area is 183 Å². The van der Waals surface area contributed by atoms with Crippen LogP contribution >= 0.6 is 22.9 Å². The molecule has 0 bridgehead atoms. The number of para-hydroxylation sites is 1. The topological polar surface area (TPSA) is 87.2 Å². The average Bonchev–Trinajstić information content (AvgIpc) is 3.23. The molecule has 3 aromatic rings. The minimum atomic E-state index is -0.168. The molecule has 2 N–H and O–H groups in total. The summed E-state index contributed by atoms with van der Waals surface area (Å²) < 4.78 is 0. The molecule has 0 spiro atoms. The van der Waals surface area contributed by atoms with Gasteiger partial charge in [-0.2, -0.15) is 0 Å². The molecule has 4 rings (SSSR count). The van der Waals surface area contributed by atoms with Crippen LogP contribution in [0, 0.1) is 5.92 Å². The fourth-order valence-electron chi connectivity index (χ4n) is 3.29. The van der Waals surface area contributed by atoms with Crippen LogP contribution in [-0.4, -0.2) is 40.1 Å². The number of hydrogen-bond acceptors (Lipinski definition) is 5. The number of carbonyl (C=O) groups excluding carboxylic acids is 2. The number of likely N-dealkylation sites (tertiary alicyclic amines) is 1. The highest BCUT2D eigenvalue weighted by Crippen LogP contribution is 2.32. The Kier molecular flexibility index (Phi) is 6.25. The monoisotopic (exact) mass is 441 g/mol. The molecule has 0 unspecified atom stereocenters. The summed E-state index contributed by atoms with van der Waals surface area (Å²) >= 11 is 7.49. The molecule has 2 heterocycles. The molecule has 1 aliphatic heterocycles. The quantitative estimate of drug-likeness (QED) is 0.612. The number of aromatic nitrogens is 2. The van der Waals surface area contributed by atoms with Gasteiger partial charge in [0.1, 0.15) is 0 Å². The SMILES string of the molecule is O=C(Nc1nnc(-c2ccccc2Cl)s1)C1CCN(C(=O)Nc2ccccc2)CC1. The molecule has 7 nitrogen and oxygen atoms in total. The molecule has 1 saturated heterocycles. The summed E-state index contributed by atoms with van der Waals surface area (Å²) in [5, 5.41) is 15.6. The van der Waals surface area contributed by atoms with Crippen LogP contribution in [-0.2, 0) is 4.79 Å². The Morgan fingerprint density at radius 2 is 1.67 bits per heavy atom. The summed E-state index contributed by atoms with van der Waals surface area (Å²) in [5.74, 6) is -0.265. The molecule has 0 saturated carbocycles. The fraction of sp³-hybridized carbons (Fsp3) is 0.238. The summed E-state index contributed by atoms with van der Waals surface area (Å²) in [6, 6.07) is 16.6. The third-order valence-corrected chi connectivity index (χ3v) is 6.14. The van der Waals surface area contributed by atoms with Gasteiger partial charge in [0.25, 0.3) is 0 Å². The number of benzene rings is 2. The molecular weight excluding hydrogens is 422 g/mol. The van der Waals surface area contributed by atoms with Crippen LogP contribution in [0.1, 0.15) is 12.8 Å². The molecule has 9 heteroatoms. The second-order valence-corrected chi connectivity index (χ2v) is 8.32. The summed E-state index contributed by atoms with van der Waals surface area (Å²) in [5.41, 5.74) is 1.54. The third kappa shape index (κ3) is 4.77.